The van der Waals surface area contributed by atoms with Crippen LogP contribution in [-0.4, -0.2) is 41.6 Å². The number of ether oxygens (including phenoxy) is 1. The molecule has 2 bridgehead atoms. The lowest BCUT2D eigenvalue weighted by Crippen LogP contribution is -2.52. The van der Waals surface area contributed by atoms with Crippen molar-refractivity contribution in [2.24, 2.45) is 0 Å². The van der Waals surface area contributed by atoms with Crippen LogP contribution in [0.3, 0.4) is 0 Å². The Labute approximate surface area is 189 Å². The molecule has 1 fully saturated rings. The Morgan fingerprint density at radius 2 is 1.73 bits per heavy atom. The van der Waals surface area contributed by atoms with Gasteiger partial charge in [0.1, 0.15) is 11.8 Å². The van der Waals surface area contributed by atoms with E-state index in [4.69, 9.17) is 7.48 Å². The van der Waals surface area contributed by atoms with Crippen LogP contribution < -0.4 is 0 Å². The Hall–Kier alpha value is -3.52. The van der Waals surface area contributed by atoms with Gasteiger partial charge < -0.3 is 34.2 Å². The summed E-state index contributed by atoms with van der Waals surface area (Å²) >= 11 is 0. The summed E-state index contributed by atoms with van der Waals surface area (Å²) in [6, 6.07) is 15.3. The summed E-state index contributed by atoms with van der Waals surface area (Å²) in [7, 11) is 0. The van der Waals surface area contributed by atoms with Gasteiger partial charge in [-0.25, -0.2) is 0 Å². The van der Waals surface area contributed by atoms with E-state index >= 15 is 0 Å². The van der Waals surface area contributed by atoms with Gasteiger partial charge in [0.2, 0.25) is 0 Å². The molecule has 3 aromatic heterocycles. The molecule has 0 saturated carbocycles. The van der Waals surface area contributed by atoms with Crippen LogP contribution >= 0.6 is 0 Å². The fraction of sp³-hybridized carbons (Fsp3) is 0.231. The van der Waals surface area contributed by atoms with Crippen molar-refractivity contribution in [3.05, 3.63) is 54.7 Å². The first-order valence-corrected chi connectivity index (χ1v) is 11.0. The minimum Gasteiger partial charge on any atom is -0.494 e. The first kappa shape index (κ1) is 16.1. The Bertz CT molecular complexity index is 1920. The maximum atomic E-state index is 11.9. The lowest BCUT2D eigenvalue weighted by Gasteiger charge is -2.38. The maximum absolute atomic E-state index is 11.9. The van der Waals surface area contributed by atoms with Crippen molar-refractivity contribution in [1.82, 2.24) is 14.1 Å². The molecule has 7 nitrogen and oxygen atoms in total. The van der Waals surface area contributed by atoms with E-state index in [-0.39, 0.29) is 5.88 Å². The number of aromatic hydroxyl groups is 1. The molecule has 1 saturated heterocycles. The zero-order valence-electron chi connectivity index (χ0n) is 19.6. The number of hydrogen-bond acceptors (Lipinski definition) is 4. The minimum atomic E-state index is -2.35. The van der Waals surface area contributed by atoms with Gasteiger partial charge in [-0.3, -0.25) is 0 Å². The smallest absolute Gasteiger partial charge is 0.197 e. The topological polar surface area (TPSA) is 95.6 Å². The molecule has 4 N–H and O–H groups in total. The van der Waals surface area contributed by atoms with Gasteiger partial charge in [-0.05, 0) is 19.1 Å². The highest BCUT2D eigenvalue weighted by Gasteiger charge is 2.60. The highest BCUT2D eigenvalue weighted by molar-refractivity contribution is 6.37. The van der Waals surface area contributed by atoms with E-state index < -0.39 is 30.5 Å². The van der Waals surface area contributed by atoms with Crippen molar-refractivity contribution in [3.63, 3.8) is 0 Å². The molecule has 5 heterocycles. The normalized spacial score (nSPS) is 29.0. The van der Waals surface area contributed by atoms with E-state index in [1.54, 1.807) is 17.7 Å². The van der Waals surface area contributed by atoms with Crippen LogP contribution in [0.25, 0.3) is 54.4 Å². The molecule has 0 radical (unpaired) electrons. The predicted octanol–water partition coefficient (Wildman–Crippen LogP) is 4.42. The number of rotatable bonds is 1. The van der Waals surface area contributed by atoms with Gasteiger partial charge in [0.15, 0.2) is 11.6 Å². The second-order valence-corrected chi connectivity index (χ2v) is 9.23. The van der Waals surface area contributed by atoms with Crippen molar-refractivity contribution < 1.29 is 22.8 Å². The number of aromatic nitrogens is 3. The van der Waals surface area contributed by atoms with Gasteiger partial charge in [0.05, 0.1) is 34.1 Å². The van der Waals surface area contributed by atoms with Gasteiger partial charge in [-0.15, -0.1) is 0 Å². The van der Waals surface area contributed by atoms with Crippen molar-refractivity contribution >= 4 is 54.4 Å². The zero-order chi connectivity index (χ0) is 24.1. The standard InChI is InChI=1S/C26H21N3O4/c1-25-26(32,12-30)10-18(33-25)28-16-8-4-2-6-13(16)20-21-15(11-27-24(21)31)19-14-7-3-5-9-17(14)29(25)23(19)22(20)28/h2-9,11,18,27,30-32H,10,12H2,1H3/t18-,25+,26+/m1/s1/i10D2. The van der Waals surface area contributed by atoms with Crippen molar-refractivity contribution in [2.45, 2.75) is 30.9 Å². The van der Waals surface area contributed by atoms with Gasteiger partial charge in [0, 0.05) is 42.2 Å². The molecule has 164 valence electrons. The molecule has 33 heavy (non-hydrogen) atoms. The van der Waals surface area contributed by atoms with Crippen molar-refractivity contribution in [2.75, 3.05) is 6.61 Å². The second kappa shape index (κ2) is 5.34. The molecule has 0 spiro atoms. The maximum Gasteiger partial charge on any atom is 0.197 e. The van der Waals surface area contributed by atoms with Crippen LogP contribution in [0.4, 0.5) is 0 Å². The molecule has 7 heteroatoms. The lowest BCUT2D eigenvalue weighted by atomic mass is 9.90. The minimum absolute atomic E-state index is 0.0399. The lowest BCUT2D eigenvalue weighted by molar-refractivity contribution is -0.189. The van der Waals surface area contributed by atoms with Crippen LogP contribution in [0, 0.1) is 0 Å². The third-order valence-electron chi connectivity index (χ3n) is 7.75. The SMILES string of the molecule is [2H]C1([2H])[C@H]2O[C@](C)(n3c4ccccc4c4c5c[nH]c(O)c5c5c6ccccc6n2c5c43)[C@@]1(O)CO. The van der Waals surface area contributed by atoms with E-state index in [0.29, 0.717) is 10.9 Å². The zero-order valence-corrected chi connectivity index (χ0v) is 17.6. The number of H-pyrrole nitrogens is 1. The Morgan fingerprint density at radius 1 is 1.03 bits per heavy atom. The van der Waals surface area contributed by atoms with E-state index in [2.05, 4.69) is 4.98 Å². The second-order valence-electron chi connectivity index (χ2n) is 9.23. The molecule has 6 aromatic rings. The summed E-state index contributed by atoms with van der Waals surface area (Å²) in [5, 5.41) is 38.2. The van der Waals surface area contributed by atoms with Gasteiger partial charge in [-0.2, -0.15) is 0 Å². The number of aliphatic hydroxyl groups is 2. The predicted molar refractivity (Wildman–Crippen MR) is 126 cm³/mol. The third-order valence-corrected chi connectivity index (χ3v) is 7.75. The summed E-state index contributed by atoms with van der Waals surface area (Å²) in [4.78, 5) is 2.98. The molecular formula is C26H21N3O4. The summed E-state index contributed by atoms with van der Waals surface area (Å²) < 4.78 is 28.3. The molecule has 3 aromatic carbocycles. The summed E-state index contributed by atoms with van der Waals surface area (Å²) in [6.07, 6.45) is -1.80. The number of fused-ring (bicyclic) bond motifs is 13. The van der Waals surface area contributed by atoms with Gasteiger partial charge in [-0.1, -0.05) is 36.4 Å². The highest BCUT2D eigenvalue weighted by atomic mass is 16.6. The number of aliphatic hydroxyl groups excluding tert-OH is 1. The number of nitrogens with one attached hydrogen (secondary N) is 1. The first-order chi connectivity index (χ1) is 16.8. The first-order valence-electron chi connectivity index (χ1n) is 12.0. The Morgan fingerprint density at radius 3 is 2.48 bits per heavy atom. The number of hydrogen-bond donors (Lipinski definition) is 4. The molecular weight excluding hydrogens is 418 g/mol. The van der Waals surface area contributed by atoms with Crippen molar-refractivity contribution in [3.8, 4) is 5.88 Å². The largest absolute Gasteiger partial charge is 0.494 e. The fourth-order valence-corrected chi connectivity index (χ4v) is 6.27. The molecule has 0 unspecified atom stereocenters. The fourth-order valence-electron chi connectivity index (χ4n) is 6.27. The Balaban J connectivity index is 1.82. The molecule has 0 amide bonds. The average Bonchev–Trinajstić information content (AvgIpc) is 3.51. The van der Waals surface area contributed by atoms with E-state index in [1.807, 2.05) is 53.1 Å². The summed E-state index contributed by atoms with van der Waals surface area (Å²) in [5.74, 6) is 0.0399. The van der Waals surface area contributed by atoms with E-state index in [9.17, 15) is 15.3 Å². The number of nitrogens with zero attached hydrogens (tertiary/aromatic N) is 2. The molecule has 2 aliphatic heterocycles. The van der Waals surface area contributed by atoms with E-state index in [0.717, 1.165) is 43.5 Å². The van der Waals surface area contributed by atoms with Crippen LogP contribution in [-0.2, 0) is 10.5 Å². The molecule has 0 aliphatic carbocycles. The molecule has 2 aliphatic rings. The summed E-state index contributed by atoms with van der Waals surface area (Å²) in [5.41, 5.74) is -0.940. The number of aromatic amines is 1. The highest BCUT2D eigenvalue weighted by Crippen LogP contribution is 2.57. The molecule has 3 atom stereocenters. The van der Waals surface area contributed by atoms with Gasteiger partial charge in [0.25, 0.3) is 0 Å². The summed E-state index contributed by atoms with van der Waals surface area (Å²) in [6.45, 7) is 0.818. The monoisotopic (exact) mass is 441 g/mol. The quantitative estimate of drug-likeness (QED) is 0.304. The third kappa shape index (κ3) is 1.73. The van der Waals surface area contributed by atoms with Gasteiger partial charge >= 0.3 is 0 Å². The Kier molecular flexibility index (Phi) is 2.61. The number of para-hydroxylation sites is 2. The average molecular weight is 441 g/mol. The van der Waals surface area contributed by atoms with Crippen LogP contribution in [0.15, 0.2) is 54.7 Å². The van der Waals surface area contributed by atoms with Crippen LogP contribution in [0.5, 0.6) is 5.88 Å². The molecule has 8 rings (SSSR count). The number of benzene rings is 3. The van der Waals surface area contributed by atoms with Crippen molar-refractivity contribution in [1.29, 1.82) is 0 Å². The van der Waals surface area contributed by atoms with E-state index in [1.165, 1.54) is 0 Å². The van der Waals surface area contributed by atoms with Crippen LogP contribution in [0.1, 0.15) is 22.3 Å². The van der Waals surface area contributed by atoms with Crippen LogP contribution in [0.2, 0.25) is 0 Å².